The van der Waals surface area contributed by atoms with Crippen LogP contribution < -0.4 is 10.6 Å². The molecular weight excluding hydrogens is 424 g/mol. The summed E-state index contributed by atoms with van der Waals surface area (Å²) in [6.45, 7) is 2.97. The molecule has 0 spiro atoms. The van der Waals surface area contributed by atoms with Gasteiger partial charge in [-0.1, -0.05) is 88.6 Å². The minimum Gasteiger partial charge on any atom is -0.480 e. The lowest BCUT2D eigenvalue weighted by Crippen LogP contribution is -2.41. The fourth-order valence-electron chi connectivity index (χ4n) is 4.70. The Labute approximate surface area is 206 Å². The molecule has 1 aromatic carbocycles. The van der Waals surface area contributed by atoms with E-state index in [1.165, 1.54) is 57.8 Å². The van der Waals surface area contributed by atoms with Crippen LogP contribution in [-0.2, 0) is 9.59 Å². The molecule has 1 aliphatic heterocycles. The van der Waals surface area contributed by atoms with Gasteiger partial charge in [0.15, 0.2) is 0 Å². The number of unbranched alkanes of at least 4 members (excludes halogenated alkanes) is 11. The molecule has 3 N–H and O–H groups in total. The van der Waals surface area contributed by atoms with Gasteiger partial charge >= 0.3 is 5.97 Å². The Morgan fingerprint density at radius 3 is 2.26 bits per heavy atom. The van der Waals surface area contributed by atoms with Crippen LogP contribution in [-0.4, -0.2) is 29.6 Å². The number of anilines is 1. The van der Waals surface area contributed by atoms with Gasteiger partial charge in [-0.05, 0) is 50.2 Å². The van der Waals surface area contributed by atoms with Crippen LogP contribution in [0.5, 0.6) is 0 Å². The van der Waals surface area contributed by atoms with E-state index in [-0.39, 0.29) is 11.8 Å². The van der Waals surface area contributed by atoms with Gasteiger partial charge in [0.05, 0.1) is 0 Å². The Bertz CT molecular complexity index is 747. The minimum atomic E-state index is -0.956. The molecule has 0 radical (unpaired) electrons. The molecule has 34 heavy (non-hydrogen) atoms. The molecule has 0 saturated heterocycles. The molecule has 2 unspecified atom stereocenters. The summed E-state index contributed by atoms with van der Waals surface area (Å²) in [7, 11) is 0. The van der Waals surface area contributed by atoms with E-state index < -0.39 is 12.0 Å². The number of carbonyl (C=O) groups is 2. The van der Waals surface area contributed by atoms with E-state index >= 15 is 0 Å². The van der Waals surface area contributed by atoms with Gasteiger partial charge in [0.1, 0.15) is 6.04 Å². The molecule has 1 amide bonds. The maximum atomic E-state index is 12.3. The number of carboxylic acids is 1. The first kappa shape index (κ1) is 27.9. The molecule has 0 saturated carbocycles. The van der Waals surface area contributed by atoms with Crippen LogP contribution in [0.25, 0.3) is 0 Å². The van der Waals surface area contributed by atoms with Crippen molar-refractivity contribution >= 4 is 17.6 Å². The van der Waals surface area contributed by atoms with E-state index in [0.29, 0.717) is 19.4 Å². The molecule has 1 aromatic rings. The molecule has 5 nitrogen and oxygen atoms in total. The van der Waals surface area contributed by atoms with E-state index in [0.717, 1.165) is 36.9 Å². The number of carbonyl (C=O) groups excluding carboxylic acids is 1. The minimum absolute atomic E-state index is 0.109. The van der Waals surface area contributed by atoms with E-state index in [9.17, 15) is 14.7 Å². The van der Waals surface area contributed by atoms with Crippen molar-refractivity contribution < 1.29 is 14.7 Å². The Balaban J connectivity index is 1.49. The fraction of sp³-hybridized carbons (Fsp3) is 0.655. The summed E-state index contributed by atoms with van der Waals surface area (Å²) in [5, 5.41) is 15.7. The summed E-state index contributed by atoms with van der Waals surface area (Å²) >= 11 is 0. The van der Waals surface area contributed by atoms with Gasteiger partial charge in [0.25, 0.3) is 0 Å². The molecule has 2 atom stereocenters. The molecule has 1 heterocycles. The average molecular weight is 471 g/mol. The normalized spacial score (nSPS) is 15.7. The molecule has 190 valence electrons. The molecular formula is C29H46N2O3. The zero-order valence-corrected chi connectivity index (χ0v) is 21.2. The first-order valence-electron chi connectivity index (χ1n) is 13.6. The molecule has 0 aromatic heterocycles. The highest BCUT2D eigenvalue weighted by Gasteiger charge is 2.29. The van der Waals surface area contributed by atoms with Crippen LogP contribution in [0.15, 0.2) is 36.4 Å². The van der Waals surface area contributed by atoms with Crippen LogP contribution in [0.2, 0.25) is 0 Å². The van der Waals surface area contributed by atoms with Crippen molar-refractivity contribution in [3.63, 3.8) is 0 Å². The zero-order valence-electron chi connectivity index (χ0n) is 21.2. The number of nitrogens with one attached hydrogen (secondary N) is 2. The second kappa shape index (κ2) is 17.2. The number of para-hydroxylation sites is 1. The lowest BCUT2D eigenvalue weighted by Gasteiger charge is -2.18. The summed E-state index contributed by atoms with van der Waals surface area (Å²) < 4.78 is 0. The fourth-order valence-corrected chi connectivity index (χ4v) is 4.70. The number of allylic oxidation sites excluding steroid dienone is 2. The van der Waals surface area contributed by atoms with Gasteiger partial charge in [-0.2, -0.15) is 0 Å². The standard InChI is InChI=1S/C29H46N2O3/c1-2-3-4-5-6-7-8-9-10-11-12-13-14-15-16-21-28(32)31-27(29(33)34)22-24-23-30-26-20-18-17-19-25(24)26/h9-10,17-20,24,27,30H,2-8,11-16,21-23H2,1H3,(H,31,32)(H,33,34)/b10-9-. The van der Waals surface area contributed by atoms with Crippen molar-refractivity contribution in [2.75, 3.05) is 11.9 Å². The van der Waals surface area contributed by atoms with Crippen LogP contribution in [0.4, 0.5) is 5.69 Å². The maximum absolute atomic E-state index is 12.3. The van der Waals surface area contributed by atoms with Crippen LogP contribution in [0.1, 0.15) is 115 Å². The van der Waals surface area contributed by atoms with E-state index in [1.54, 1.807) is 0 Å². The van der Waals surface area contributed by atoms with Crippen molar-refractivity contribution in [1.82, 2.24) is 5.32 Å². The van der Waals surface area contributed by atoms with Crippen LogP contribution >= 0.6 is 0 Å². The number of amides is 1. The third kappa shape index (κ3) is 11.2. The number of fused-ring (bicyclic) bond motifs is 1. The number of aliphatic carboxylic acids is 1. The first-order chi connectivity index (χ1) is 16.6. The van der Waals surface area contributed by atoms with Gasteiger partial charge in [-0.3, -0.25) is 4.79 Å². The number of benzene rings is 1. The summed E-state index contributed by atoms with van der Waals surface area (Å²) in [6, 6.07) is 7.15. The smallest absolute Gasteiger partial charge is 0.326 e. The number of hydrogen-bond donors (Lipinski definition) is 3. The topological polar surface area (TPSA) is 78.4 Å². The van der Waals surface area contributed by atoms with Gasteiger partial charge in [-0.15, -0.1) is 0 Å². The van der Waals surface area contributed by atoms with Crippen LogP contribution in [0, 0.1) is 0 Å². The predicted octanol–water partition coefficient (Wildman–Crippen LogP) is 7.19. The molecule has 0 fully saturated rings. The zero-order chi connectivity index (χ0) is 24.4. The van der Waals surface area contributed by atoms with Gasteiger partial charge < -0.3 is 15.7 Å². The molecule has 1 aliphatic rings. The van der Waals surface area contributed by atoms with E-state index in [1.807, 2.05) is 24.3 Å². The van der Waals surface area contributed by atoms with Crippen LogP contribution in [0.3, 0.4) is 0 Å². The first-order valence-corrected chi connectivity index (χ1v) is 13.6. The number of rotatable bonds is 19. The second-order valence-electron chi connectivity index (χ2n) is 9.69. The van der Waals surface area contributed by atoms with Gasteiger partial charge in [0, 0.05) is 24.6 Å². The second-order valence-corrected chi connectivity index (χ2v) is 9.69. The van der Waals surface area contributed by atoms with Gasteiger partial charge in [-0.25, -0.2) is 4.79 Å². The van der Waals surface area contributed by atoms with Crippen molar-refractivity contribution in [3.05, 3.63) is 42.0 Å². The Morgan fingerprint density at radius 2 is 1.59 bits per heavy atom. The third-order valence-electron chi connectivity index (χ3n) is 6.76. The highest BCUT2D eigenvalue weighted by Crippen LogP contribution is 2.34. The Morgan fingerprint density at radius 1 is 0.971 bits per heavy atom. The molecule has 0 bridgehead atoms. The molecule has 5 heteroatoms. The van der Waals surface area contributed by atoms with Crippen molar-refractivity contribution in [2.24, 2.45) is 0 Å². The van der Waals surface area contributed by atoms with Crippen molar-refractivity contribution in [2.45, 2.75) is 115 Å². The van der Waals surface area contributed by atoms with E-state index in [2.05, 4.69) is 29.7 Å². The van der Waals surface area contributed by atoms with Crippen molar-refractivity contribution in [1.29, 1.82) is 0 Å². The molecule has 2 rings (SSSR count). The monoisotopic (exact) mass is 470 g/mol. The lowest BCUT2D eigenvalue weighted by atomic mass is 9.94. The summed E-state index contributed by atoms with van der Waals surface area (Å²) in [6.07, 6.45) is 21.3. The Kier molecular flexibility index (Phi) is 14.1. The van der Waals surface area contributed by atoms with Gasteiger partial charge in [0.2, 0.25) is 5.91 Å². The largest absolute Gasteiger partial charge is 0.480 e. The highest BCUT2D eigenvalue weighted by molar-refractivity contribution is 5.83. The lowest BCUT2D eigenvalue weighted by molar-refractivity contribution is -0.142. The Hall–Kier alpha value is -2.30. The maximum Gasteiger partial charge on any atom is 0.326 e. The average Bonchev–Trinajstić information content (AvgIpc) is 3.24. The summed E-state index contributed by atoms with van der Waals surface area (Å²) in [4.78, 5) is 24.0. The number of hydrogen-bond acceptors (Lipinski definition) is 3. The predicted molar refractivity (Wildman–Crippen MR) is 141 cm³/mol. The highest BCUT2D eigenvalue weighted by atomic mass is 16.4. The summed E-state index contributed by atoms with van der Waals surface area (Å²) in [5.41, 5.74) is 2.21. The van der Waals surface area contributed by atoms with Crippen molar-refractivity contribution in [3.8, 4) is 0 Å². The quantitative estimate of drug-likeness (QED) is 0.148. The summed E-state index contributed by atoms with van der Waals surface area (Å²) in [5.74, 6) is -0.996. The molecule has 0 aliphatic carbocycles. The SMILES string of the molecule is CCCCCCCC/C=C\CCCCCCCC(=O)NC(CC1CNc2ccccc21)C(=O)O. The van der Waals surface area contributed by atoms with E-state index in [4.69, 9.17) is 0 Å². The number of carboxylic acid groups (broad SMARTS) is 1. The third-order valence-corrected chi connectivity index (χ3v) is 6.76.